The molecule has 0 aliphatic heterocycles. The molecule has 3 aromatic carbocycles. The molecule has 1 heterocycles. The Morgan fingerprint density at radius 3 is 2.35 bits per heavy atom. The smallest absolute Gasteiger partial charge is 0.387 e. The van der Waals surface area contributed by atoms with E-state index in [2.05, 4.69) is 14.4 Å². The molecule has 0 spiro atoms. The summed E-state index contributed by atoms with van der Waals surface area (Å²) in [6.07, 6.45) is 1.87. The zero-order chi connectivity index (χ0) is 24.3. The predicted molar refractivity (Wildman–Crippen MR) is 129 cm³/mol. The van der Waals surface area contributed by atoms with E-state index in [4.69, 9.17) is 0 Å². The van der Waals surface area contributed by atoms with Crippen molar-refractivity contribution in [2.45, 2.75) is 17.4 Å². The standard InChI is InChI=1S/C25H25F2N3O3S/c1-30(2)18-13-11-17(12-14-18)20(21-15-28-22-8-4-3-7-19(21)22)16-29-34(31,32)24-10-6-5-9-23(24)33-25(26)27/h3-15,20,25,28-29H,16H2,1-2H3. The normalized spacial score (nSPS) is 12.7. The highest BCUT2D eigenvalue weighted by atomic mass is 32.2. The number of fused-ring (bicyclic) bond motifs is 1. The number of nitrogens with one attached hydrogen (secondary N) is 2. The fourth-order valence-electron chi connectivity index (χ4n) is 3.93. The fraction of sp³-hybridized carbons (Fsp3) is 0.200. The summed E-state index contributed by atoms with van der Waals surface area (Å²) in [7, 11) is -0.245. The topological polar surface area (TPSA) is 74.4 Å². The van der Waals surface area contributed by atoms with Gasteiger partial charge in [-0.2, -0.15) is 8.78 Å². The van der Waals surface area contributed by atoms with Crippen LogP contribution in [0.5, 0.6) is 5.75 Å². The van der Waals surface area contributed by atoms with Crippen LogP contribution in [0.3, 0.4) is 0 Å². The van der Waals surface area contributed by atoms with E-state index in [1.165, 1.54) is 24.3 Å². The Kier molecular flexibility index (Phi) is 6.85. The van der Waals surface area contributed by atoms with Gasteiger partial charge in [0.2, 0.25) is 10.0 Å². The maximum absolute atomic E-state index is 13.1. The molecule has 9 heteroatoms. The minimum atomic E-state index is -4.13. The third kappa shape index (κ3) is 5.05. The molecular formula is C25H25F2N3O3S. The van der Waals surface area contributed by atoms with Crippen LogP contribution in [0.2, 0.25) is 0 Å². The Balaban J connectivity index is 1.69. The van der Waals surface area contributed by atoms with E-state index in [1.54, 1.807) is 0 Å². The van der Waals surface area contributed by atoms with Crippen LogP contribution in [0.1, 0.15) is 17.0 Å². The number of nitrogens with zero attached hydrogens (tertiary/aromatic N) is 1. The predicted octanol–water partition coefficient (Wildman–Crippen LogP) is 4.95. The Bertz CT molecular complexity index is 1370. The molecule has 0 bridgehead atoms. The highest BCUT2D eigenvalue weighted by molar-refractivity contribution is 7.89. The van der Waals surface area contributed by atoms with Crippen LogP contribution < -0.4 is 14.4 Å². The van der Waals surface area contributed by atoms with E-state index in [9.17, 15) is 17.2 Å². The van der Waals surface area contributed by atoms with Crippen molar-refractivity contribution in [1.82, 2.24) is 9.71 Å². The SMILES string of the molecule is CN(C)c1ccc(C(CNS(=O)(=O)c2ccccc2OC(F)F)c2c[nH]c3ccccc23)cc1. The third-order valence-corrected chi connectivity index (χ3v) is 7.10. The van der Waals surface area contributed by atoms with Crippen molar-refractivity contribution in [2.75, 3.05) is 25.5 Å². The maximum atomic E-state index is 13.1. The van der Waals surface area contributed by atoms with Crippen molar-refractivity contribution in [1.29, 1.82) is 0 Å². The number of ether oxygens (including phenoxy) is 1. The Morgan fingerprint density at radius 1 is 0.971 bits per heavy atom. The van der Waals surface area contributed by atoms with Crippen molar-refractivity contribution in [2.24, 2.45) is 0 Å². The molecule has 0 aliphatic rings. The summed E-state index contributed by atoms with van der Waals surface area (Å²) >= 11 is 0. The number of aromatic nitrogens is 1. The maximum Gasteiger partial charge on any atom is 0.387 e. The largest absolute Gasteiger partial charge is 0.433 e. The summed E-state index contributed by atoms with van der Waals surface area (Å²) in [5, 5.41) is 0.977. The number of para-hydroxylation sites is 2. The van der Waals surface area contributed by atoms with E-state index in [1.807, 2.05) is 73.7 Å². The van der Waals surface area contributed by atoms with Gasteiger partial charge in [-0.15, -0.1) is 0 Å². The Labute approximate surface area is 197 Å². The number of sulfonamides is 1. The van der Waals surface area contributed by atoms with E-state index in [0.717, 1.165) is 27.7 Å². The summed E-state index contributed by atoms with van der Waals surface area (Å²) < 4.78 is 58.8. The molecule has 0 radical (unpaired) electrons. The van der Waals surface area contributed by atoms with Crippen LogP contribution in [0.15, 0.2) is 83.9 Å². The number of alkyl halides is 2. The van der Waals surface area contributed by atoms with Crippen LogP contribution in [0.25, 0.3) is 10.9 Å². The van der Waals surface area contributed by atoms with E-state index >= 15 is 0 Å². The molecule has 1 unspecified atom stereocenters. The number of H-pyrrole nitrogens is 1. The van der Waals surface area contributed by atoms with E-state index in [-0.39, 0.29) is 17.4 Å². The van der Waals surface area contributed by atoms with Gasteiger partial charge in [0.1, 0.15) is 10.6 Å². The number of hydrogen-bond donors (Lipinski definition) is 2. The number of rotatable bonds is 9. The second-order valence-corrected chi connectivity index (χ2v) is 9.74. The van der Waals surface area contributed by atoms with Gasteiger partial charge in [0, 0.05) is 49.3 Å². The zero-order valence-corrected chi connectivity index (χ0v) is 19.5. The number of anilines is 1. The average Bonchev–Trinajstić information content (AvgIpc) is 3.23. The molecule has 2 N–H and O–H groups in total. The average molecular weight is 486 g/mol. The first-order valence-corrected chi connectivity index (χ1v) is 12.1. The molecule has 178 valence electrons. The molecule has 4 aromatic rings. The van der Waals surface area contributed by atoms with E-state index in [0.29, 0.717) is 0 Å². The molecule has 34 heavy (non-hydrogen) atoms. The highest BCUT2D eigenvalue weighted by Gasteiger charge is 2.25. The number of hydrogen-bond acceptors (Lipinski definition) is 4. The Hall–Kier alpha value is -3.43. The van der Waals surface area contributed by atoms with Crippen LogP contribution in [0.4, 0.5) is 14.5 Å². The van der Waals surface area contributed by atoms with Crippen molar-refractivity contribution in [3.8, 4) is 5.75 Å². The first-order valence-electron chi connectivity index (χ1n) is 10.6. The summed E-state index contributed by atoms with van der Waals surface area (Å²) in [6, 6.07) is 21.0. The van der Waals surface area contributed by atoms with Gasteiger partial charge in [0.05, 0.1) is 0 Å². The molecule has 6 nitrogen and oxygen atoms in total. The molecule has 0 saturated heterocycles. The monoisotopic (exact) mass is 485 g/mol. The van der Waals surface area contributed by atoms with Gasteiger partial charge in [-0.3, -0.25) is 0 Å². The lowest BCUT2D eigenvalue weighted by atomic mass is 9.91. The highest BCUT2D eigenvalue weighted by Crippen LogP contribution is 2.32. The summed E-state index contributed by atoms with van der Waals surface area (Å²) in [5.41, 5.74) is 3.79. The molecule has 1 atom stereocenters. The lowest BCUT2D eigenvalue weighted by Gasteiger charge is -2.20. The van der Waals surface area contributed by atoms with Crippen LogP contribution in [-0.2, 0) is 10.0 Å². The lowest BCUT2D eigenvalue weighted by molar-refractivity contribution is -0.0517. The molecule has 0 amide bonds. The summed E-state index contributed by atoms with van der Waals surface area (Å²) in [4.78, 5) is 4.88. The lowest BCUT2D eigenvalue weighted by Crippen LogP contribution is -2.29. The van der Waals surface area contributed by atoms with Crippen LogP contribution >= 0.6 is 0 Å². The molecule has 0 aliphatic carbocycles. The second-order valence-electron chi connectivity index (χ2n) is 8.01. The van der Waals surface area contributed by atoms with Crippen LogP contribution in [-0.4, -0.2) is 40.7 Å². The molecule has 4 rings (SSSR count). The van der Waals surface area contributed by atoms with Crippen molar-refractivity contribution < 1.29 is 21.9 Å². The van der Waals surface area contributed by atoms with Gasteiger partial charge in [-0.05, 0) is 41.5 Å². The molecule has 0 fully saturated rings. The van der Waals surface area contributed by atoms with Gasteiger partial charge in [-0.1, -0.05) is 42.5 Å². The quantitative estimate of drug-likeness (QED) is 0.352. The Morgan fingerprint density at radius 2 is 1.65 bits per heavy atom. The summed E-state index contributed by atoms with van der Waals surface area (Å²) in [5.74, 6) is -0.728. The minimum Gasteiger partial charge on any atom is -0.433 e. The van der Waals surface area contributed by atoms with E-state index < -0.39 is 22.4 Å². The van der Waals surface area contributed by atoms with Gasteiger partial charge in [0.15, 0.2) is 0 Å². The van der Waals surface area contributed by atoms with Crippen molar-refractivity contribution in [3.63, 3.8) is 0 Å². The fourth-order valence-corrected chi connectivity index (χ4v) is 5.11. The molecule has 1 aromatic heterocycles. The van der Waals surface area contributed by atoms with Gasteiger partial charge >= 0.3 is 6.61 Å². The minimum absolute atomic E-state index is 0.0223. The van der Waals surface area contributed by atoms with Gasteiger partial charge in [-0.25, -0.2) is 13.1 Å². The van der Waals surface area contributed by atoms with Crippen LogP contribution in [0, 0.1) is 0 Å². The number of aromatic amines is 1. The first kappa shape index (κ1) is 23.7. The van der Waals surface area contributed by atoms with Crippen molar-refractivity contribution in [3.05, 3.63) is 90.1 Å². The van der Waals surface area contributed by atoms with Gasteiger partial charge < -0.3 is 14.6 Å². The van der Waals surface area contributed by atoms with Crippen molar-refractivity contribution >= 4 is 26.6 Å². The number of benzene rings is 3. The third-order valence-electron chi connectivity index (χ3n) is 5.64. The first-order chi connectivity index (χ1) is 16.3. The summed E-state index contributed by atoms with van der Waals surface area (Å²) in [6.45, 7) is -3.11. The molecular weight excluding hydrogens is 460 g/mol. The number of halogens is 2. The zero-order valence-electron chi connectivity index (χ0n) is 18.7. The second kappa shape index (κ2) is 9.82. The van der Waals surface area contributed by atoms with Gasteiger partial charge in [0.25, 0.3) is 0 Å². The molecule has 0 saturated carbocycles.